The molecular formula is C25H30ClN5O4. The van der Waals surface area contributed by atoms with Crippen molar-refractivity contribution >= 4 is 34.7 Å². The number of aliphatic carboxylic acids is 1. The van der Waals surface area contributed by atoms with Gasteiger partial charge in [0.25, 0.3) is 0 Å². The van der Waals surface area contributed by atoms with Crippen molar-refractivity contribution in [1.29, 1.82) is 0 Å². The first-order valence-corrected chi connectivity index (χ1v) is 12.5. The second-order valence-electron chi connectivity index (χ2n) is 9.67. The lowest BCUT2D eigenvalue weighted by atomic mass is 9.81. The van der Waals surface area contributed by atoms with E-state index in [4.69, 9.17) is 21.3 Å². The zero-order chi connectivity index (χ0) is 24.7. The molecule has 1 fully saturated rings. The molecule has 10 heteroatoms. The van der Waals surface area contributed by atoms with Gasteiger partial charge in [0.05, 0.1) is 54.4 Å². The van der Waals surface area contributed by atoms with E-state index in [-0.39, 0.29) is 24.0 Å². The van der Waals surface area contributed by atoms with E-state index < -0.39 is 5.97 Å². The molecule has 1 N–H and O–H groups in total. The van der Waals surface area contributed by atoms with Crippen LogP contribution in [0.5, 0.6) is 0 Å². The molecule has 3 aromatic rings. The Kier molecular flexibility index (Phi) is 6.44. The summed E-state index contributed by atoms with van der Waals surface area (Å²) in [5, 5.41) is 14.4. The predicted molar refractivity (Wildman–Crippen MR) is 131 cm³/mol. The number of methoxy groups -OCH3 is 1. The van der Waals surface area contributed by atoms with E-state index in [0.717, 1.165) is 41.7 Å². The minimum Gasteiger partial charge on any atom is -0.481 e. The molecule has 186 valence electrons. The second kappa shape index (κ2) is 9.53. The van der Waals surface area contributed by atoms with Crippen LogP contribution in [0.25, 0.3) is 11.0 Å². The molecule has 3 heterocycles. The monoisotopic (exact) mass is 499 g/mol. The number of halogens is 1. The van der Waals surface area contributed by atoms with Crippen molar-refractivity contribution in [2.75, 3.05) is 13.7 Å². The maximum absolute atomic E-state index is 12.2. The van der Waals surface area contributed by atoms with Gasteiger partial charge in [0.2, 0.25) is 0 Å². The highest BCUT2D eigenvalue weighted by atomic mass is 35.5. The lowest BCUT2D eigenvalue weighted by Gasteiger charge is -2.28. The topological polar surface area (TPSA) is 102 Å². The molecule has 1 aliphatic carbocycles. The average Bonchev–Trinajstić information content (AvgIpc) is 3.46. The van der Waals surface area contributed by atoms with Crippen molar-refractivity contribution in [1.82, 2.24) is 24.2 Å². The van der Waals surface area contributed by atoms with Crippen molar-refractivity contribution in [3.63, 3.8) is 0 Å². The number of amides is 1. The summed E-state index contributed by atoms with van der Waals surface area (Å²) in [6.07, 6.45) is 6.75. The summed E-state index contributed by atoms with van der Waals surface area (Å²) >= 11 is 6.09. The van der Waals surface area contributed by atoms with Crippen LogP contribution in [-0.2, 0) is 29.0 Å². The third-order valence-electron chi connectivity index (χ3n) is 7.46. The number of hydrogen-bond acceptors (Lipinski definition) is 5. The summed E-state index contributed by atoms with van der Waals surface area (Å²) in [5.41, 5.74) is 4.20. The van der Waals surface area contributed by atoms with Gasteiger partial charge >= 0.3 is 12.1 Å². The van der Waals surface area contributed by atoms with Crippen LogP contribution in [0.4, 0.5) is 4.79 Å². The first-order valence-electron chi connectivity index (χ1n) is 12.1. The number of aromatic nitrogens is 4. The van der Waals surface area contributed by atoms with Gasteiger partial charge < -0.3 is 19.3 Å². The van der Waals surface area contributed by atoms with Gasteiger partial charge in [0.15, 0.2) is 0 Å². The van der Waals surface area contributed by atoms with Crippen LogP contribution < -0.4 is 0 Å². The molecule has 1 atom stereocenters. The van der Waals surface area contributed by atoms with E-state index in [1.54, 1.807) is 11.1 Å². The van der Waals surface area contributed by atoms with Crippen LogP contribution in [0.15, 0.2) is 24.5 Å². The number of carbonyl (C=O) groups excluding carboxylic acids is 1. The highest BCUT2D eigenvalue weighted by Crippen LogP contribution is 2.39. The zero-order valence-electron chi connectivity index (χ0n) is 20.0. The van der Waals surface area contributed by atoms with Crippen LogP contribution in [0.2, 0.25) is 5.02 Å². The van der Waals surface area contributed by atoms with Crippen LogP contribution in [0, 0.1) is 5.92 Å². The lowest BCUT2D eigenvalue weighted by Crippen LogP contribution is -2.35. The predicted octanol–water partition coefficient (Wildman–Crippen LogP) is 4.63. The lowest BCUT2D eigenvalue weighted by molar-refractivity contribution is -0.142. The Labute approximate surface area is 208 Å². The van der Waals surface area contributed by atoms with Crippen molar-refractivity contribution < 1.29 is 19.4 Å². The Balaban J connectivity index is 1.56. The van der Waals surface area contributed by atoms with E-state index in [1.807, 2.05) is 10.9 Å². The third-order valence-corrected chi connectivity index (χ3v) is 7.65. The largest absolute Gasteiger partial charge is 0.481 e. The molecule has 0 spiro atoms. The van der Waals surface area contributed by atoms with Crippen LogP contribution in [-0.4, -0.2) is 55.1 Å². The number of fused-ring (bicyclic) bond motifs is 3. The molecule has 35 heavy (non-hydrogen) atoms. The molecule has 0 radical (unpaired) electrons. The third kappa shape index (κ3) is 4.49. The fraction of sp³-hybridized carbons (Fsp3) is 0.520. The fourth-order valence-corrected chi connectivity index (χ4v) is 5.79. The van der Waals surface area contributed by atoms with Gasteiger partial charge in [-0.15, -0.1) is 0 Å². The molecule has 2 aliphatic rings. The van der Waals surface area contributed by atoms with Crippen molar-refractivity contribution in [2.45, 2.75) is 64.1 Å². The Morgan fingerprint density at radius 3 is 2.69 bits per heavy atom. The minimum absolute atomic E-state index is 0.0431. The smallest absolute Gasteiger partial charge is 0.409 e. The van der Waals surface area contributed by atoms with Crippen LogP contribution >= 0.6 is 11.6 Å². The molecule has 2 aromatic heterocycles. The SMILES string of the molecule is COC(=O)N1CCc2ccc3c(nc(C4CCC(C(=O)O)CC4)n3[C@@H](C)Cn3cc(Cl)cn3)c2C1. The van der Waals surface area contributed by atoms with Crippen LogP contribution in [0.3, 0.4) is 0 Å². The van der Waals surface area contributed by atoms with Gasteiger partial charge in [-0.25, -0.2) is 9.78 Å². The number of ether oxygens (including phenoxy) is 1. The fourth-order valence-electron chi connectivity index (χ4n) is 5.64. The molecule has 0 unspecified atom stereocenters. The molecule has 1 aromatic carbocycles. The number of rotatable bonds is 5. The number of carboxylic acids is 1. The molecule has 0 saturated heterocycles. The molecule has 1 aliphatic heterocycles. The van der Waals surface area contributed by atoms with Gasteiger partial charge in [-0.05, 0) is 50.7 Å². The van der Waals surface area contributed by atoms with E-state index in [9.17, 15) is 14.7 Å². The van der Waals surface area contributed by atoms with Crippen molar-refractivity contribution in [3.8, 4) is 0 Å². The van der Waals surface area contributed by atoms with Crippen LogP contribution in [0.1, 0.15) is 61.5 Å². The van der Waals surface area contributed by atoms with E-state index >= 15 is 0 Å². The number of carboxylic acid groups (broad SMARTS) is 1. The standard InChI is InChI=1S/C25H30ClN5O4/c1-15(12-30-13-19(26)11-27-30)31-21-8-7-16-9-10-29(25(34)35-2)14-20(16)22(21)28-23(31)17-3-5-18(6-4-17)24(32)33/h7-8,11,13,15,17-18H,3-6,9-10,12,14H2,1-2H3,(H,32,33)/t15-,17?,18?/m0/s1. The van der Waals surface area contributed by atoms with Gasteiger partial charge in [-0.3, -0.25) is 9.48 Å². The highest BCUT2D eigenvalue weighted by Gasteiger charge is 2.32. The zero-order valence-corrected chi connectivity index (χ0v) is 20.7. The summed E-state index contributed by atoms with van der Waals surface area (Å²) in [7, 11) is 1.40. The molecule has 1 amide bonds. The van der Waals surface area contributed by atoms with Gasteiger partial charge in [-0.2, -0.15) is 5.10 Å². The number of carbonyl (C=O) groups is 2. The summed E-state index contributed by atoms with van der Waals surface area (Å²) in [6.45, 7) is 3.85. The van der Waals surface area contributed by atoms with Crippen molar-refractivity contribution in [2.24, 2.45) is 5.92 Å². The minimum atomic E-state index is -0.710. The number of imidazole rings is 1. The summed E-state index contributed by atoms with van der Waals surface area (Å²) in [5.74, 6) is 0.169. The second-order valence-corrected chi connectivity index (χ2v) is 10.1. The maximum Gasteiger partial charge on any atom is 0.409 e. The highest BCUT2D eigenvalue weighted by molar-refractivity contribution is 6.30. The van der Waals surface area contributed by atoms with E-state index in [1.165, 1.54) is 12.7 Å². The van der Waals surface area contributed by atoms with Gasteiger partial charge in [0.1, 0.15) is 5.82 Å². The summed E-state index contributed by atoms with van der Waals surface area (Å²) in [4.78, 5) is 30.7. The number of nitrogens with zero attached hydrogens (tertiary/aromatic N) is 5. The quantitative estimate of drug-likeness (QED) is 0.549. The van der Waals surface area contributed by atoms with Gasteiger partial charge in [-0.1, -0.05) is 17.7 Å². The first kappa shape index (κ1) is 23.7. The normalized spacial score (nSPS) is 21.1. The first-order chi connectivity index (χ1) is 16.9. The Bertz CT molecular complexity index is 1260. The van der Waals surface area contributed by atoms with E-state index in [0.29, 0.717) is 37.5 Å². The number of benzene rings is 1. The summed E-state index contributed by atoms with van der Waals surface area (Å²) < 4.78 is 9.09. The van der Waals surface area contributed by atoms with E-state index in [2.05, 4.69) is 28.7 Å². The summed E-state index contributed by atoms with van der Waals surface area (Å²) in [6, 6.07) is 4.32. The van der Waals surface area contributed by atoms with Gasteiger partial charge in [0, 0.05) is 24.2 Å². The molecule has 9 nitrogen and oxygen atoms in total. The molecular weight excluding hydrogens is 470 g/mol. The molecule has 1 saturated carbocycles. The Morgan fingerprint density at radius 1 is 1.26 bits per heavy atom. The maximum atomic E-state index is 12.2. The molecule has 5 rings (SSSR count). The van der Waals surface area contributed by atoms with Crippen molar-refractivity contribution in [3.05, 3.63) is 46.5 Å². The average molecular weight is 500 g/mol. The Morgan fingerprint density at radius 2 is 2.03 bits per heavy atom. The molecule has 0 bridgehead atoms. The number of hydrogen-bond donors (Lipinski definition) is 1. The Hall–Kier alpha value is -3.07.